The zero-order chi connectivity index (χ0) is 14.2. The highest BCUT2D eigenvalue weighted by atomic mass is 32.2. The van der Waals surface area contributed by atoms with Crippen LogP contribution in [0.4, 0.5) is 0 Å². The lowest BCUT2D eigenvalue weighted by atomic mass is 10.1. The molecule has 0 atom stereocenters. The summed E-state index contributed by atoms with van der Waals surface area (Å²) in [5.74, 6) is 0.868. The Hall–Kier alpha value is -0.920. The smallest absolute Gasteiger partial charge is 0.246 e. The standard InChI is InChI=1S/C13H22N4O2S/c1-16-10-13(9-15-16)20(18,19)17-6-4-12(5-7-17)14-8-11-2-3-11/h9-12,14H,2-8H2,1H3. The highest BCUT2D eigenvalue weighted by molar-refractivity contribution is 7.89. The first kappa shape index (κ1) is 14.0. The molecule has 1 saturated carbocycles. The molecule has 0 bridgehead atoms. The number of hydrogen-bond donors (Lipinski definition) is 1. The van der Waals surface area contributed by atoms with E-state index in [4.69, 9.17) is 0 Å². The molecule has 0 spiro atoms. The van der Waals surface area contributed by atoms with E-state index in [9.17, 15) is 8.42 Å². The van der Waals surface area contributed by atoms with Gasteiger partial charge in [0.15, 0.2) is 0 Å². The minimum atomic E-state index is -3.36. The van der Waals surface area contributed by atoms with Crippen LogP contribution in [0.25, 0.3) is 0 Å². The topological polar surface area (TPSA) is 67.2 Å². The van der Waals surface area contributed by atoms with Gasteiger partial charge in [0.2, 0.25) is 10.0 Å². The molecule has 1 aliphatic carbocycles. The van der Waals surface area contributed by atoms with E-state index in [1.165, 1.54) is 23.7 Å². The molecule has 0 radical (unpaired) electrons. The Labute approximate surface area is 120 Å². The molecule has 1 aromatic heterocycles. The van der Waals surface area contributed by atoms with Gasteiger partial charge in [0.25, 0.3) is 0 Å². The third-order valence-electron chi connectivity index (χ3n) is 4.17. The highest BCUT2D eigenvalue weighted by Crippen LogP contribution is 2.28. The largest absolute Gasteiger partial charge is 0.314 e. The summed E-state index contributed by atoms with van der Waals surface area (Å²) in [6, 6.07) is 0.468. The molecule has 0 aromatic carbocycles. The maximum absolute atomic E-state index is 12.4. The normalized spacial score (nSPS) is 22.2. The van der Waals surface area contributed by atoms with Crippen molar-refractivity contribution in [3.05, 3.63) is 12.4 Å². The number of nitrogens with zero attached hydrogens (tertiary/aromatic N) is 3. The van der Waals surface area contributed by atoms with E-state index in [2.05, 4.69) is 10.4 Å². The van der Waals surface area contributed by atoms with E-state index in [-0.39, 0.29) is 0 Å². The summed E-state index contributed by atoms with van der Waals surface area (Å²) in [4.78, 5) is 0.296. The summed E-state index contributed by atoms with van der Waals surface area (Å²) in [5, 5.41) is 7.51. The monoisotopic (exact) mass is 298 g/mol. The Morgan fingerprint density at radius 3 is 2.55 bits per heavy atom. The van der Waals surface area contributed by atoms with E-state index in [0.29, 0.717) is 24.0 Å². The van der Waals surface area contributed by atoms with Crippen molar-refractivity contribution in [3.63, 3.8) is 0 Å². The van der Waals surface area contributed by atoms with Gasteiger partial charge in [-0.1, -0.05) is 0 Å². The third-order valence-corrected chi connectivity index (χ3v) is 6.02. The molecule has 6 nitrogen and oxygen atoms in total. The lowest BCUT2D eigenvalue weighted by molar-refractivity contribution is 0.288. The average Bonchev–Trinajstić information content (AvgIpc) is 3.17. The molecule has 3 rings (SSSR count). The fourth-order valence-electron chi connectivity index (χ4n) is 2.64. The Kier molecular flexibility index (Phi) is 3.83. The lowest BCUT2D eigenvalue weighted by Crippen LogP contribution is -2.45. The van der Waals surface area contributed by atoms with Crippen LogP contribution in [0.1, 0.15) is 25.7 Å². The fourth-order valence-corrected chi connectivity index (χ4v) is 4.09. The maximum Gasteiger partial charge on any atom is 0.246 e. The first-order chi connectivity index (χ1) is 9.55. The zero-order valence-corrected chi connectivity index (χ0v) is 12.6. The summed E-state index contributed by atoms with van der Waals surface area (Å²) in [6.45, 7) is 2.29. The van der Waals surface area contributed by atoms with Gasteiger partial charge in [0.05, 0.1) is 6.20 Å². The first-order valence-electron chi connectivity index (χ1n) is 7.28. The molecule has 0 unspecified atom stereocenters. The van der Waals surface area contributed by atoms with Crippen LogP contribution in [-0.2, 0) is 17.1 Å². The average molecular weight is 298 g/mol. The van der Waals surface area contributed by atoms with E-state index < -0.39 is 10.0 Å². The number of nitrogens with one attached hydrogen (secondary N) is 1. The molecule has 1 saturated heterocycles. The van der Waals surface area contributed by atoms with Crippen molar-refractivity contribution >= 4 is 10.0 Å². The van der Waals surface area contributed by atoms with Crippen molar-refractivity contribution in [1.29, 1.82) is 0 Å². The molecule has 20 heavy (non-hydrogen) atoms. The van der Waals surface area contributed by atoms with Gasteiger partial charge in [-0.05, 0) is 38.1 Å². The Balaban J connectivity index is 1.56. The molecular weight excluding hydrogens is 276 g/mol. The van der Waals surface area contributed by atoms with E-state index >= 15 is 0 Å². The quantitative estimate of drug-likeness (QED) is 0.863. The summed E-state index contributed by atoms with van der Waals surface area (Å²) >= 11 is 0. The summed E-state index contributed by atoms with van der Waals surface area (Å²) in [5.41, 5.74) is 0. The number of aromatic nitrogens is 2. The molecule has 112 valence electrons. The molecule has 7 heteroatoms. The molecule has 1 aliphatic heterocycles. The zero-order valence-electron chi connectivity index (χ0n) is 11.8. The van der Waals surface area contributed by atoms with Crippen molar-refractivity contribution in [2.24, 2.45) is 13.0 Å². The van der Waals surface area contributed by atoms with Crippen LogP contribution in [0.3, 0.4) is 0 Å². The number of hydrogen-bond acceptors (Lipinski definition) is 4. The lowest BCUT2D eigenvalue weighted by Gasteiger charge is -2.31. The predicted octanol–water partition coefficient (Wildman–Crippen LogP) is 0.573. The van der Waals surface area contributed by atoms with Crippen LogP contribution < -0.4 is 5.32 Å². The van der Waals surface area contributed by atoms with E-state index in [1.54, 1.807) is 17.5 Å². The molecule has 2 heterocycles. The fraction of sp³-hybridized carbons (Fsp3) is 0.769. The van der Waals surface area contributed by atoms with Crippen molar-refractivity contribution in [2.75, 3.05) is 19.6 Å². The number of rotatable bonds is 5. The minimum absolute atomic E-state index is 0.296. The van der Waals surface area contributed by atoms with Gasteiger partial charge in [0, 0.05) is 32.4 Å². The molecule has 2 fully saturated rings. The van der Waals surface area contributed by atoms with Gasteiger partial charge in [-0.3, -0.25) is 4.68 Å². The van der Waals surface area contributed by atoms with Crippen molar-refractivity contribution in [2.45, 2.75) is 36.6 Å². The Morgan fingerprint density at radius 2 is 2.00 bits per heavy atom. The second-order valence-corrected chi connectivity index (χ2v) is 7.82. The van der Waals surface area contributed by atoms with Crippen LogP contribution in [0.2, 0.25) is 0 Å². The van der Waals surface area contributed by atoms with E-state index in [0.717, 1.165) is 25.3 Å². The molecule has 1 aromatic rings. The number of piperidine rings is 1. The second-order valence-electron chi connectivity index (χ2n) is 5.88. The van der Waals surface area contributed by atoms with Gasteiger partial charge in [-0.2, -0.15) is 9.40 Å². The van der Waals surface area contributed by atoms with Crippen LogP contribution in [-0.4, -0.2) is 48.2 Å². The van der Waals surface area contributed by atoms with Gasteiger partial charge in [-0.25, -0.2) is 8.42 Å². The Morgan fingerprint density at radius 1 is 1.30 bits per heavy atom. The predicted molar refractivity (Wildman–Crippen MR) is 75.7 cm³/mol. The first-order valence-corrected chi connectivity index (χ1v) is 8.72. The summed E-state index contributed by atoms with van der Waals surface area (Å²) in [6.07, 6.45) is 7.47. The van der Waals surface area contributed by atoms with Gasteiger partial charge in [-0.15, -0.1) is 0 Å². The minimum Gasteiger partial charge on any atom is -0.314 e. The highest BCUT2D eigenvalue weighted by Gasteiger charge is 2.31. The van der Waals surface area contributed by atoms with Crippen LogP contribution >= 0.6 is 0 Å². The summed E-state index contributed by atoms with van der Waals surface area (Å²) in [7, 11) is -1.63. The van der Waals surface area contributed by atoms with Crippen molar-refractivity contribution < 1.29 is 8.42 Å². The SMILES string of the molecule is Cn1cc(S(=O)(=O)N2CCC(NCC3CC3)CC2)cn1. The Bertz CT molecular complexity index is 557. The number of sulfonamides is 1. The molecule has 0 amide bonds. The maximum atomic E-state index is 12.4. The van der Waals surface area contributed by atoms with Crippen LogP contribution in [0, 0.1) is 5.92 Å². The van der Waals surface area contributed by atoms with Gasteiger partial charge < -0.3 is 5.32 Å². The van der Waals surface area contributed by atoms with E-state index in [1.807, 2.05) is 0 Å². The third kappa shape index (κ3) is 3.05. The van der Waals surface area contributed by atoms with Gasteiger partial charge in [0.1, 0.15) is 4.90 Å². The van der Waals surface area contributed by atoms with Crippen LogP contribution in [0.5, 0.6) is 0 Å². The van der Waals surface area contributed by atoms with Crippen molar-refractivity contribution in [1.82, 2.24) is 19.4 Å². The van der Waals surface area contributed by atoms with Gasteiger partial charge >= 0.3 is 0 Å². The number of aryl methyl sites for hydroxylation is 1. The molecule has 2 aliphatic rings. The van der Waals surface area contributed by atoms with Crippen molar-refractivity contribution in [3.8, 4) is 0 Å². The molecule has 1 N–H and O–H groups in total. The summed E-state index contributed by atoms with van der Waals surface area (Å²) < 4.78 is 28.0. The second kappa shape index (κ2) is 5.46. The molecular formula is C13H22N4O2S. The van der Waals surface area contributed by atoms with Crippen LogP contribution in [0.15, 0.2) is 17.3 Å².